The second-order valence-corrected chi connectivity index (χ2v) is 5.82. The topological polar surface area (TPSA) is 108 Å². The van der Waals surface area contributed by atoms with E-state index in [2.05, 4.69) is 19.6 Å². The molecule has 0 N–H and O–H groups in total. The van der Waals surface area contributed by atoms with Crippen molar-refractivity contribution >= 4 is 39.0 Å². The zero-order valence-electron chi connectivity index (χ0n) is 13.1. The van der Waals surface area contributed by atoms with Crippen LogP contribution in [0.1, 0.15) is 27.8 Å². The van der Waals surface area contributed by atoms with Crippen LogP contribution in [-0.2, 0) is 0 Å². The first kappa shape index (κ1) is 16.5. The maximum Gasteiger partial charge on any atom is 0.220 e. The fourth-order valence-corrected chi connectivity index (χ4v) is 2.93. The van der Waals surface area contributed by atoms with E-state index in [-0.39, 0.29) is 17.0 Å². The molecule has 0 amide bonds. The molecule has 8 heteroatoms. The molecule has 1 unspecified atom stereocenters. The number of nitrogens with zero attached hydrogens (tertiary/aromatic N) is 5. The highest BCUT2D eigenvalue weighted by molar-refractivity contribution is 7.11. The maximum absolute atomic E-state index is 12.5. The Morgan fingerprint density at radius 1 is 1.24 bits per heavy atom. The van der Waals surface area contributed by atoms with Crippen LogP contribution in [0.2, 0.25) is 0 Å². The summed E-state index contributed by atoms with van der Waals surface area (Å²) < 4.78 is 4.23. The van der Waals surface area contributed by atoms with Crippen molar-refractivity contribution in [3.8, 4) is 6.07 Å². The summed E-state index contributed by atoms with van der Waals surface area (Å²) >= 11 is 1.13. The summed E-state index contributed by atoms with van der Waals surface area (Å²) in [5.74, 6) is -0.968. The largest absolute Gasteiger partial charge is 0.293 e. The third kappa shape index (κ3) is 3.32. The molecule has 0 saturated heterocycles. The van der Waals surface area contributed by atoms with E-state index in [1.54, 1.807) is 0 Å². The molecule has 3 aromatic rings. The molecule has 0 bridgehead atoms. The van der Waals surface area contributed by atoms with Gasteiger partial charge in [0.2, 0.25) is 11.8 Å². The van der Waals surface area contributed by atoms with Crippen LogP contribution in [0.4, 0.5) is 5.00 Å². The minimum absolute atomic E-state index is 0.0196. The number of rotatable bonds is 5. The van der Waals surface area contributed by atoms with E-state index in [1.165, 1.54) is 25.3 Å². The Balaban J connectivity index is 1.92. The second kappa shape index (κ2) is 7.07. The average molecular weight is 349 g/mol. The number of carbonyl (C=O) groups excluding carboxylic acids is 2. The highest BCUT2D eigenvalue weighted by atomic mass is 32.1. The zero-order valence-corrected chi connectivity index (χ0v) is 13.9. The van der Waals surface area contributed by atoms with Crippen LogP contribution in [0.25, 0.3) is 10.9 Å². The van der Waals surface area contributed by atoms with Gasteiger partial charge >= 0.3 is 0 Å². The predicted octanol–water partition coefficient (Wildman–Crippen LogP) is 3.75. The molecule has 2 aromatic heterocycles. The van der Waals surface area contributed by atoms with Crippen molar-refractivity contribution < 1.29 is 9.59 Å². The van der Waals surface area contributed by atoms with Gasteiger partial charge in [-0.05, 0) is 35.8 Å². The van der Waals surface area contributed by atoms with Crippen LogP contribution in [0.3, 0.4) is 0 Å². The van der Waals surface area contributed by atoms with E-state index < -0.39 is 11.8 Å². The van der Waals surface area contributed by atoms with E-state index in [9.17, 15) is 14.9 Å². The molecule has 0 aliphatic rings. The summed E-state index contributed by atoms with van der Waals surface area (Å²) in [4.78, 5) is 28.1. The van der Waals surface area contributed by atoms with Crippen LogP contribution in [0, 0.1) is 11.3 Å². The number of hydrogen-bond acceptors (Lipinski definition) is 8. The number of pyridine rings is 1. The first-order chi connectivity index (χ1) is 12.1. The van der Waals surface area contributed by atoms with Gasteiger partial charge in [-0.3, -0.25) is 14.6 Å². The molecule has 1 atom stereocenters. The molecule has 0 aliphatic carbocycles. The lowest BCUT2D eigenvalue weighted by molar-refractivity contribution is 0.0956. The molecular formula is C17H11N5O2S. The van der Waals surface area contributed by atoms with Crippen molar-refractivity contribution in [2.45, 2.75) is 13.0 Å². The van der Waals surface area contributed by atoms with Crippen molar-refractivity contribution in [2.24, 2.45) is 10.2 Å². The molecule has 0 fully saturated rings. The Morgan fingerprint density at radius 3 is 2.80 bits per heavy atom. The van der Waals surface area contributed by atoms with Crippen molar-refractivity contribution in [1.29, 1.82) is 5.26 Å². The number of carbonyl (C=O) groups is 2. The van der Waals surface area contributed by atoms with Crippen LogP contribution >= 0.6 is 11.5 Å². The molecule has 2 heterocycles. The van der Waals surface area contributed by atoms with E-state index >= 15 is 0 Å². The standard InChI is InChI=1S/C17H11N5O2S/c1-10(23)15-12(6-4-8-19-15)16(24)14(9-18)20-21-17-11-5-2-3-7-13(11)22-25-17/h2-8,14H,1H3. The molecule has 0 aliphatic heterocycles. The Kier molecular flexibility index (Phi) is 4.68. The number of ketones is 2. The molecule has 1 aromatic carbocycles. The van der Waals surface area contributed by atoms with Crippen LogP contribution < -0.4 is 0 Å². The molecule has 3 rings (SSSR count). The van der Waals surface area contributed by atoms with E-state index in [1.807, 2.05) is 30.3 Å². The number of Topliss-reactive ketones (excluding diaryl/α,β-unsaturated/α-hetero) is 2. The monoisotopic (exact) mass is 349 g/mol. The summed E-state index contributed by atoms with van der Waals surface area (Å²) in [6.45, 7) is 1.31. The quantitative estimate of drug-likeness (QED) is 0.515. The number of fused-ring (bicyclic) bond motifs is 1. The maximum atomic E-state index is 12.5. The number of nitriles is 1. The zero-order chi connectivity index (χ0) is 17.8. The van der Waals surface area contributed by atoms with Gasteiger partial charge in [-0.1, -0.05) is 12.1 Å². The normalized spacial score (nSPS) is 12.2. The number of hydrogen-bond donors (Lipinski definition) is 0. The van der Waals surface area contributed by atoms with Crippen molar-refractivity contribution in [3.05, 3.63) is 53.9 Å². The molecule has 0 radical (unpaired) electrons. The molecule has 25 heavy (non-hydrogen) atoms. The minimum atomic E-state index is -1.36. The minimum Gasteiger partial charge on any atom is -0.293 e. The smallest absolute Gasteiger partial charge is 0.220 e. The Labute approximate surface area is 146 Å². The molecule has 0 spiro atoms. The van der Waals surface area contributed by atoms with E-state index in [4.69, 9.17) is 0 Å². The number of azo groups is 1. The summed E-state index contributed by atoms with van der Waals surface area (Å²) in [5.41, 5.74) is 0.855. The molecule has 122 valence electrons. The third-order valence-electron chi connectivity index (χ3n) is 3.41. The predicted molar refractivity (Wildman–Crippen MR) is 92.1 cm³/mol. The summed E-state index contributed by atoms with van der Waals surface area (Å²) in [5, 5.41) is 18.5. The lowest BCUT2D eigenvalue weighted by Crippen LogP contribution is -2.19. The summed E-state index contributed by atoms with van der Waals surface area (Å²) in [6, 6.07) is 10.8. The first-order valence-corrected chi connectivity index (χ1v) is 8.04. The summed E-state index contributed by atoms with van der Waals surface area (Å²) in [7, 11) is 0. The number of aromatic nitrogens is 2. The van der Waals surface area contributed by atoms with Crippen molar-refractivity contribution in [3.63, 3.8) is 0 Å². The lowest BCUT2D eigenvalue weighted by Gasteiger charge is -2.05. The van der Waals surface area contributed by atoms with Gasteiger partial charge in [0.15, 0.2) is 10.8 Å². The molecular weight excluding hydrogens is 338 g/mol. The number of benzene rings is 1. The van der Waals surface area contributed by atoms with Gasteiger partial charge in [-0.25, -0.2) is 0 Å². The van der Waals surface area contributed by atoms with Gasteiger partial charge in [0, 0.05) is 18.5 Å². The Hall–Kier alpha value is -3.31. The van der Waals surface area contributed by atoms with Crippen molar-refractivity contribution in [2.75, 3.05) is 0 Å². The first-order valence-electron chi connectivity index (χ1n) is 7.27. The molecule has 0 saturated carbocycles. The highest BCUT2D eigenvalue weighted by Crippen LogP contribution is 2.30. The fourth-order valence-electron chi connectivity index (χ4n) is 2.23. The highest BCUT2D eigenvalue weighted by Gasteiger charge is 2.24. The van der Waals surface area contributed by atoms with Crippen LogP contribution in [0.15, 0.2) is 52.8 Å². The SMILES string of the molecule is CC(=O)c1ncccc1C(=O)C(C#N)N=Nc1snc2ccccc12. The van der Waals surface area contributed by atoms with Gasteiger partial charge in [0.05, 0.1) is 17.1 Å². The van der Waals surface area contributed by atoms with Gasteiger partial charge in [-0.2, -0.15) is 14.7 Å². The van der Waals surface area contributed by atoms with E-state index in [0.29, 0.717) is 5.00 Å². The van der Waals surface area contributed by atoms with Gasteiger partial charge in [0.1, 0.15) is 5.69 Å². The van der Waals surface area contributed by atoms with Crippen LogP contribution in [0.5, 0.6) is 0 Å². The van der Waals surface area contributed by atoms with Gasteiger partial charge in [0.25, 0.3) is 0 Å². The van der Waals surface area contributed by atoms with Crippen molar-refractivity contribution in [1.82, 2.24) is 9.36 Å². The Morgan fingerprint density at radius 2 is 2.04 bits per heavy atom. The van der Waals surface area contributed by atoms with Gasteiger partial charge < -0.3 is 0 Å². The lowest BCUT2D eigenvalue weighted by atomic mass is 10.0. The van der Waals surface area contributed by atoms with E-state index in [0.717, 1.165) is 22.4 Å². The molecule has 7 nitrogen and oxygen atoms in total. The summed E-state index contributed by atoms with van der Waals surface area (Å²) in [6.07, 6.45) is 1.42. The van der Waals surface area contributed by atoms with Crippen LogP contribution in [-0.4, -0.2) is 27.0 Å². The second-order valence-electron chi connectivity index (χ2n) is 5.07. The van der Waals surface area contributed by atoms with Gasteiger partial charge in [-0.15, -0.1) is 5.11 Å². The fraction of sp³-hybridized carbons (Fsp3) is 0.118. The third-order valence-corrected chi connectivity index (χ3v) is 4.17. The Bertz CT molecular complexity index is 1030. The average Bonchev–Trinajstić information content (AvgIpc) is 3.05.